The van der Waals surface area contributed by atoms with Crippen molar-refractivity contribution in [3.63, 3.8) is 0 Å². The van der Waals surface area contributed by atoms with Crippen LogP contribution in [0.3, 0.4) is 0 Å². The quantitative estimate of drug-likeness (QED) is 0.380. The molecule has 0 unspecified atom stereocenters. The topological polar surface area (TPSA) is 0 Å². The van der Waals surface area contributed by atoms with Gasteiger partial charge in [-0.1, -0.05) is 91.0 Å². The lowest BCUT2D eigenvalue weighted by Crippen LogP contribution is -1.91. The summed E-state index contributed by atoms with van der Waals surface area (Å²) in [5.41, 5.74) is 6.91. The third kappa shape index (κ3) is 3.19. The number of benzene rings is 4. The highest BCUT2D eigenvalue weighted by molar-refractivity contribution is 7.59. The van der Waals surface area contributed by atoms with Gasteiger partial charge in [-0.15, -0.1) is 0 Å². The van der Waals surface area contributed by atoms with E-state index in [1.807, 2.05) is 18.2 Å². The predicted octanol–water partition coefficient (Wildman–Crippen LogP) is 6.59. The van der Waals surface area contributed by atoms with Gasteiger partial charge in [-0.25, -0.2) is 0 Å². The average Bonchev–Trinajstić information content (AvgIpc) is 2.70. The summed E-state index contributed by atoms with van der Waals surface area (Å²) in [5.74, 6) is 0. The van der Waals surface area contributed by atoms with E-state index in [2.05, 4.69) is 84.9 Å². The van der Waals surface area contributed by atoms with Crippen LogP contribution in [0.4, 0.5) is 0 Å². The van der Waals surface area contributed by atoms with Crippen LogP contribution < -0.4 is 0 Å². The van der Waals surface area contributed by atoms with Crippen molar-refractivity contribution >= 4 is 12.6 Å². The summed E-state index contributed by atoms with van der Waals surface area (Å²) in [6, 6.07) is 35.7. The van der Waals surface area contributed by atoms with Gasteiger partial charge in [0.1, 0.15) is 0 Å². The average molecular weight is 337 g/mol. The van der Waals surface area contributed by atoms with Gasteiger partial charge in [0, 0.05) is 0 Å². The first-order chi connectivity index (χ1) is 12.3. The molecule has 0 aliphatic rings. The molecule has 0 bridgehead atoms. The van der Waals surface area contributed by atoms with Gasteiger partial charge < -0.3 is 12.6 Å². The Kier molecular flexibility index (Phi) is 4.32. The van der Waals surface area contributed by atoms with Crippen LogP contribution in [0, 0.1) is 0 Å². The van der Waals surface area contributed by atoms with E-state index in [1.54, 1.807) is 0 Å². The summed E-state index contributed by atoms with van der Waals surface area (Å²) in [7, 11) is 0. The maximum absolute atomic E-state index is 5.87. The van der Waals surface area contributed by atoms with Gasteiger partial charge in [0.15, 0.2) is 0 Å². The van der Waals surface area contributed by atoms with Crippen LogP contribution in [0.5, 0.6) is 0 Å². The zero-order valence-electron chi connectivity index (χ0n) is 13.7. The summed E-state index contributed by atoms with van der Waals surface area (Å²) in [6.45, 7) is 0. The summed E-state index contributed by atoms with van der Waals surface area (Å²) < 4.78 is 0. The van der Waals surface area contributed by atoms with Crippen LogP contribution >= 0.6 is 0 Å². The molecule has 120 valence electrons. The second kappa shape index (κ2) is 6.92. The highest BCUT2D eigenvalue weighted by Crippen LogP contribution is 2.37. The van der Waals surface area contributed by atoms with Gasteiger partial charge in [0.25, 0.3) is 0 Å². The van der Waals surface area contributed by atoms with E-state index in [0.29, 0.717) is 0 Å². The molecule has 1 heteroatoms. The molecule has 0 heterocycles. The molecule has 0 nitrogen and oxygen atoms in total. The van der Waals surface area contributed by atoms with Crippen molar-refractivity contribution in [3.05, 3.63) is 103 Å². The number of hydrogen-bond acceptors (Lipinski definition) is 1. The second-order valence-electron chi connectivity index (χ2n) is 6.00. The Labute approximate surface area is 154 Å². The van der Waals surface area contributed by atoms with Gasteiger partial charge in [-0.2, -0.15) is 4.90 Å². The van der Waals surface area contributed by atoms with Crippen molar-refractivity contribution in [2.24, 2.45) is 0 Å². The summed E-state index contributed by atoms with van der Waals surface area (Å²) >= 11 is 5.87. The highest BCUT2D eigenvalue weighted by atomic mass is 32.1. The molecule has 0 fully saturated rings. The molecule has 4 aromatic carbocycles. The lowest BCUT2D eigenvalue weighted by Gasteiger charge is -2.22. The van der Waals surface area contributed by atoms with Gasteiger partial charge in [0.2, 0.25) is 0 Å². The first-order valence-corrected chi connectivity index (χ1v) is 8.75. The van der Waals surface area contributed by atoms with Gasteiger partial charge >= 0.3 is 0 Å². The van der Waals surface area contributed by atoms with Crippen LogP contribution in [-0.4, -0.2) is 0 Å². The maximum Gasteiger partial charge on any atom is -0.0173 e. The maximum atomic E-state index is 5.87. The Hall–Kier alpha value is -2.90. The molecule has 0 N–H and O–H groups in total. The monoisotopic (exact) mass is 337 g/mol. The Morgan fingerprint density at radius 1 is 0.400 bits per heavy atom. The molecular weight excluding hydrogens is 320 g/mol. The van der Waals surface area contributed by atoms with Gasteiger partial charge in [0.05, 0.1) is 0 Å². The summed E-state index contributed by atoms with van der Waals surface area (Å²) in [6.07, 6.45) is 0. The van der Waals surface area contributed by atoms with Crippen molar-refractivity contribution in [1.29, 1.82) is 0 Å². The highest BCUT2D eigenvalue weighted by Gasteiger charge is 2.08. The largest absolute Gasteiger partial charge is 0.779 e. The van der Waals surface area contributed by atoms with Crippen LogP contribution in [0.25, 0.3) is 33.4 Å². The van der Waals surface area contributed by atoms with Crippen molar-refractivity contribution in [3.8, 4) is 33.4 Å². The molecule has 0 spiro atoms. The molecule has 0 saturated carbocycles. The van der Waals surface area contributed by atoms with E-state index < -0.39 is 0 Å². The number of rotatable bonds is 3. The fourth-order valence-electron chi connectivity index (χ4n) is 3.09. The van der Waals surface area contributed by atoms with E-state index in [4.69, 9.17) is 12.6 Å². The van der Waals surface area contributed by atoms with Crippen molar-refractivity contribution in [2.45, 2.75) is 4.90 Å². The Morgan fingerprint density at radius 2 is 0.760 bits per heavy atom. The fourth-order valence-corrected chi connectivity index (χ4v) is 3.44. The molecule has 0 aliphatic heterocycles. The van der Waals surface area contributed by atoms with Crippen molar-refractivity contribution in [1.82, 2.24) is 0 Å². The molecular formula is C24H17S-. The summed E-state index contributed by atoms with van der Waals surface area (Å²) in [4.78, 5) is 0.900. The van der Waals surface area contributed by atoms with Crippen LogP contribution in [-0.2, 0) is 12.6 Å². The molecule has 0 aromatic heterocycles. The molecule has 0 atom stereocenters. The van der Waals surface area contributed by atoms with Crippen LogP contribution in [0.2, 0.25) is 0 Å². The minimum Gasteiger partial charge on any atom is -0.779 e. The first kappa shape index (κ1) is 15.6. The Balaban J connectivity index is 1.98. The normalized spacial score (nSPS) is 10.6. The standard InChI is InChI=1S/C24H18S/c25-24-22(19-12-6-2-7-13-19)16-21(18-10-4-1-5-11-18)17-23(24)20-14-8-3-9-15-20/h1-17,25H/p-1. The Morgan fingerprint density at radius 3 is 1.16 bits per heavy atom. The lowest BCUT2D eigenvalue weighted by atomic mass is 9.93. The van der Waals surface area contributed by atoms with Crippen molar-refractivity contribution < 1.29 is 0 Å². The van der Waals surface area contributed by atoms with Gasteiger partial charge in [-0.05, 0) is 45.5 Å². The molecule has 25 heavy (non-hydrogen) atoms. The third-order valence-electron chi connectivity index (χ3n) is 4.37. The molecule has 0 amide bonds. The van der Waals surface area contributed by atoms with E-state index in [1.165, 1.54) is 11.1 Å². The zero-order chi connectivity index (χ0) is 17.1. The van der Waals surface area contributed by atoms with E-state index in [9.17, 15) is 0 Å². The third-order valence-corrected chi connectivity index (χ3v) is 4.81. The minimum absolute atomic E-state index is 0.900. The smallest absolute Gasteiger partial charge is 0.0173 e. The van der Waals surface area contributed by atoms with Crippen LogP contribution in [0.15, 0.2) is 108 Å². The van der Waals surface area contributed by atoms with E-state index in [-0.39, 0.29) is 0 Å². The van der Waals surface area contributed by atoms with E-state index >= 15 is 0 Å². The fraction of sp³-hybridized carbons (Fsp3) is 0. The first-order valence-electron chi connectivity index (χ1n) is 8.34. The minimum atomic E-state index is 0.900. The second-order valence-corrected chi connectivity index (χ2v) is 6.41. The molecule has 4 rings (SSSR count). The van der Waals surface area contributed by atoms with Crippen LogP contribution in [0.1, 0.15) is 0 Å². The lowest BCUT2D eigenvalue weighted by molar-refractivity contribution is 1.43. The molecule has 0 aliphatic carbocycles. The Bertz CT molecular complexity index is 914. The zero-order valence-corrected chi connectivity index (χ0v) is 14.5. The van der Waals surface area contributed by atoms with E-state index in [0.717, 1.165) is 27.1 Å². The SMILES string of the molecule is [S-]c1c(-c2ccccc2)cc(-c2ccccc2)cc1-c1ccccc1. The summed E-state index contributed by atoms with van der Waals surface area (Å²) in [5, 5.41) is 0. The molecule has 4 aromatic rings. The molecule has 0 radical (unpaired) electrons. The predicted molar refractivity (Wildman–Crippen MR) is 108 cm³/mol. The van der Waals surface area contributed by atoms with Gasteiger partial charge in [-0.3, -0.25) is 0 Å². The molecule has 0 saturated heterocycles. The van der Waals surface area contributed by atoms with Crippen molar-refractivity contribution in [2.75, 3.05) is 0 Å². The number of hydrogen-bond donors (Lipinski definition) is 0.